The number of carbonyl (C=O) groups is 4. The van der Waals surface area contributed by atoms with Crippen LogP contribution in [0, 0.1) is 0 Å². The van der Waals surface area contributed by atoms with Gasteiger partial charge in [0.15, 0.2) is 0 Å². The molecule has 0 radical (unpaired) electrons. The summed E-state index contributed by atoms with van der Waals surface area (Å²) in [5.41, 5.74) is 9.71. The minimum atomic E-state index is -1.07. The van der Waals surface area contributed by atoms with Gasteiger partial charge < -0.3 is 32.3 Å². The van der Waals surface area contributed by atoms with E-state index in [2.05, 4.69) is 10.6 Å². The van der Waals surface area contributed by atoms with E-state index in [0.717, 1.165) is 0 Å². The molecule has 0 rings (SSSR count). The summed E-state index contributed by atoms with van der Waals surface area (Å²) in [5, 5.41) is 20.1. The third-order valence-electron chi connectivity index (χ3n) is 1.24. The molecule has 0 unspecified atom stereocenters. The first-order valence-corrected chi connectivity index (χ1v) is 4.70. The maximum atomic E-state index is 10.2. The van der Waals surface area contributed by atoms with Crippen molar-refractivity contribution in [1.29, 1.82) is 0 Å². The third-order valence-corrected chi connectivity index (χ3v) is 1.24. The molecule has 19 heavy (non-hydrogen) atoms. The molecule has 0 aliphatic carbocycles. The van der Waals surface area contributed by atoms with Gasteiger partial charge in [-0.25, -0.2) is 0 Å². The number of hydrogen-bond donors (Lipinski definition) is 6. The Hall–Kier alpha value is -1.58. The number of rotatable bonds is 6. The summed E-state index contributed by atoms with van der Waals surface area (Å²) in [4.78, 5) is 40.0. The van der Waals surface area contributed by atoms with Gasteiger partial charge >= 0.3 is 11.9 Å². The maximum Gasteiger partial charge on any atom is 0.322 e. The predicted molar refractivity (Wildman–Crippen MR) is 59.4 cm³/mol. The molecule has 2 amide bonds. The Bertz CT molecular complexity index is 282. The zero-order valence-electron chi connectivity index (χ0n) is 10.2. The average Bonchev–Trinajstić information content (AvgIpc) is 2.33. The van der Waals surface area contributed by atoms with Gasteiger partial charge in [-0.2, -0.15) is 0 Å². The number of carboxylic acid groups (broad SMARTS) is 2. The topological polar surface area (TPSA) is 185 Å². The maximum absolute atomic E-state index is 10.2. The fourth-order valence-corrected chi connectivity index (χ4v) is 0.493. The van der Waals surface area contributed by atoms with Crippen LogP contribution in [-0.2, 0) is 38.7 Å². The summed E-state index contributed by atoms with van der Waals surface area (Å²) in [6.07, 6.45) is 0. The number of hydrogen-bond acceptors (Lipinski definition) is 6. The van der Waals surface area contributed by atoms with Crippen LogP contribution in [0.25, 0.3) is 0 Å². The van der Waals surface area contributed by atoms with Crippen LogP contribution in [-0.4, -0.2) is 60.1 Å². The van der Waals surface area contributed by atoms with E-state index in [-0.39, 0.29) is 45.7 Å². The van der Waals surface area contributed by atoms with E-state index in [1.807, 2.05) is 0 Å². The summed E-state index contributed by atoms with van der Waals surface area (Å²) in [7, 11) is 0. The number of carboxylic acids is 2. The molecule has 0 bridgehead atoms. The van der Waals surface area contributed by atoms with Gasteiger partial charge in [0.05, 0.1) is 13.1 Å². The van der Waals surface area contributed by atoms with E-state index in [9.17, 15) is 19.2 Å². The average molecular weight is 330 g/mol. The summed E-state index contributed by atoms with van der Waals surface area (Å²) >= 11 is 0. The Morgan fingerprint density at radius 2 is 1.05 bits per heavy atom. The van der Waals surface area contributed by atoms with Gasteiger partial charge in [-0.1, -0.05) is 0 Å². The Labute approximate surface area is 121 Å². The predicted octanol–water partition coefficient (Wildman–Crippen LogP) is -3.71. The number of nitrogens with two attached hydrogens (primary N) is 2. The summed E-state index contributed by atoms with van der Waals surface area (Å²) in [6.45, 7) is -1.08. The molecule has 8 N–H and O–H groups in total. The molecule has 11 heteroatoms. The molecule has 0 saturated heterocycles. The standard InChI is InChI=1S/2C4H8N2O3.Zn/c2*5-1-3(7)6-2-4(8)9;/h2*1-2,5H2,(H,6,7)(H,8,9);. The first kappa shape index (κ1) is 22.6. The quantitative estimate of drug-likeness (QED) is 0.269. The van der Waals surface area contributed by atoms with E-state index in [4.69, 9.17) is 21.7 Å². The summed E-state index contributed by atoms with van der Waals surface area (Å²) < 4.78 is 0. The van der Waals surface area contributed by atoms with Crippen molar-refractivity contribution in [3.63, 3.8) is 0 Å². The van der Waals surface area contributed by atoms with Crippen LogP contribution in [0.5, 0.6) is 0 Å². The van der Waals surface area contributed by atoms with Crippen molar-refractivity contribution in [2.45, 2.75) is 0 Å². The smallest absolute Gasteiger partial charge is 0.322 e. The second kappa shape index (κ2) is 14.5. The van der Waals surface area contributed by atoms with E-state index in [0.29, 0.717) is 0 Å². The molecule has 106 valence electrons. The number of amides is 2. The van der Waals surface area contributed by atoms with E-state index in [1.165, 1.54) is 0 Å². The van der Waals surface area contributed by atoms with E-state index < -0.39 is 23.8 Å². The Balaban J connectivity index is -0.000000256. The van der Waals surface area contributed by atoms with Crippen LogP contribution >= 0.6 is 0 Å². The molecule has 0 fully saturated rings. The van der Waals surface area contributed by atoms with Gasteiger partial charge in [-0.15, -0.1) is 0 Å². The Morgan fingerprint density at radius 3 is 1.21 bits per heavy atom. The Kier molecular flexibility index (Phi) is 17.2. The molecule has 0 saturated carbocycles. The van der Waals surface area contributed by atoms with Crippen molar-refractivity contribution in [3.8, 4) is 0 Å². The molecule has 0 atom stereocenters. The third kappa shape index (κ3) is 22.1. The fraction of sp³-hybridized carbons (Fsp3) is 0.500. The number of nitrogens with one attached hydrogen (secondary N) is 2. The van der Waals surface area contributed by atoms with E-state index >= 15 is 0 Å². The minimum absolute atomic E-state index is 0. The van der Waals surface area contributed by atoms with Crippen molar-refractivity contribution in [1.82, 2.24) is 10.6 Å². The molecule has 0 aromatic heterocycles. The van der Waals surface area contributed by atoms with Crippen molar-refractivity contribution in [3.05, 3.63) is 0 Å². The van der Waals surface area contributed by atoms with Gasteiger partial charge in [0.2, 0.25) is 11.8 Å². The number of carbonyl (C=O) groups excluding carboxylic acids is 2. The monoisotopic (exact) mass is 328 g/mol. The largest absolute Gasteiger partial charge is 0.480 e. The molecule has 0 aliphatic rings. The van der Waals surface area contributed by atoms with Crippen LogP contribution in [0.15, 0.2) is 0 Å². The SMILES string of the molecule is NCC(=O)NCC(=O)O.NCC(=O)NCC(=O)O.[Zn]. The molecule has 0 heterocycles. The summed E-state index contributed by atoms with van der Waals surface area (Å²) in [5.74, 6) is -3.07. The second-order valence-electron chi connectivity index (χ2n) is 2.75. The molecule has 0 aromatic carbocycles. The second-order valence-corrected chi connectivity index (χ2v) is 2.75. The van der Waals surface area contributed by atoms with E-state index in [1.54, 1.807) is 0 Å². The van der Waals surface area contributed by atoms with Gasteiger partial charge in [0, 0.05) is 19.5 Å². The minimum Gasteiger partial charge on any atom is -0.480 e. The van der Waals surface area contributed by atoms with Crippen molar-refractivity contribution in [2.24, 2.45) is 11.5 Å². The van der Waals surface area contributed by atoms with Crippen molar-refractivity contribution >= 4 is 23.8 Å². The van der Waals surface area contributed by atoms with Crippen LogP contribution in [0.3, 0.4) is 0 Å². The molecular weight excluding hydrogens is 313 g/mol. The van der Waals surface area contributed by atoms with Crippen LogP contribution in [0.1, 0.15) is 0 Å². The van der Waals surface area contributed by atoms with Gasteiger partial charge in [-0.3, -0.25) is 19.2 Å². The zero-order chi connectivity index (χ0) is 14.6. The van der Waals surface area contributed by atoms with Gasteiger partial charge in [-0.05, 0) is 0 Å². The first-order chi connectivity index (χ1) is 8.33. The van der Waals surface area contributed by atoms with Crippen molar-refractivity contribution < 1.29 is 48.9 Å². The normalized spacial score (nSPS) is 8.11. The zero-order valence-corrected chi connectivity index (χ0v) is 13.2. The fourth-order valence-electron chi connectivity index (χ4n) is 0.493. The van der Waals surface area contributed by atoms with Gasteiger partial charge in [0.25, 0.3) is 0 Å². The molecule has 0 spiro atoms. The van der Waals surface area contributed by atoms with Gasteiger partial charge in [0.1, 0.15) is 13.1 Å². The molecule has 0 aromatic rings. The summed E-state index contributed by atoms with van der Waals surface area (Å²) in [6, 6.07) is 0. The molecule has 10 nitrogen and oxygen atoms in total. The molecule has 0 aliphatic heterocycles. The first-order valence-electron chi connectivity index (χ1n) is 4.70. The Morgan fingerprint density at radius 1 is 0.789 bits per heavy atom. The van der Waals surface area contributed by atoms with Crippen LogP contribution in [0.2, 0.25) is 0 Å². The number of aliphatic carboxylic acids is 2. The van der Waals surface area contributed by atoms with Crippen LogP contribution < -0.4 is 22.1 Å². The van der Waals surface area contributed by atoms with Crippen molar-refractivity contribution in [2.75, 3.05) is 26.2 Å². The van der Waals surface area contributed by atoms with Crippen LogP contribution in [0.4, 0.5) is 0 Å². The molecular formula is C8H16N4O6Zn.